The zero-order valence-corrected chi connectivity index (χ0v) is 24.4. The van der Waals surface area contributed by atoms with Gasteiger partial charge in [0.2, 0.25) is 17.7 Å². The van der Waals surface area contributed by atoms with E-state index in [0.29, 0.717) is 12.0 Å². The zero-order valence-electron chi connectivity index (χ0n) is 23.5. The van der Waals surface area contributed by atoms with E-state index in [-0.39, 0.29) is 12.2 Å². The summed E-state index contributed by atoms with van der Waals surface area (Å²) in [7, 11) is -4.77. The molecular formula is C25H37N4O13P. The summed E-state index contributed by atoms with van der Waals surface area (Å²) in [6.07, 6.45) is -1.51. The number of rotatable bonds is 19. The molecule has 0 aliphatic heterocycles. The summed E-state index contributed by atoms with van der Waals surface area (Å²) in [5.74, 6) is -7.29. The fourth-order valence-electron chi connectivity index (χ4n) is 3.72. The Morgan fingerprint density at radius 1 is 0.860 bits per heavy atom. The van der Waals surface area contributed by atoms with Crippen molar-refractivity contribution in [3.63, 3.8) is 0 Å². The number of aliphatic carboxylic acids is 3. The Labute approximate surface area is 246 Å². The second kappa shape index (κ2) is 17.2. The molecule has 0 saturated heterocycles. The van der Waals surface area contributed by atoms with Crippen LogP contribution in [-0.4, -0.2) is 84.9 Å². The average Bonchev–Trinajstić information content (AvgIpc) is 2.90. The van der Waals surface area contributed by atoms with Crippen LogP contribution in [-0.2, 0) is 39.8 Å². The second-order valence-corrected chi connectivity index (χ2v) is 10.9. The van der Waals surface area contributed by atoms with Crippen molar-refractivity contribution in [2.45, 2.75) is 76.5 Å². The third kappa shape index (κ3) is 14.1. The number of carboxylic acid groups (broad SMARTS) is 3. The molecule has 0 bridgehead atoms. The SMILES string of the molecule is CC[C@@H](C)[C@H](NC(=O)CC[C@H](NC(=O)[C@H](CCC(=O)O)NC(=O)[C@@H](N)Cc1ccc(OP(=O)(O)O)cc1)C(=O)O)C(=O)O. The smallest absolute Gasteiger partial charge is 0.481 e. The molecule has 0 radical (unpaired) electrons. The van der Waals surface area contributed by atoms with Gasteiger partial charge in [0.05, 0.1) is 6.04 Å². The van der Waals surface area contributed by atoms with E-state index in [2.05, 4.69) is 20.5 Å². The normalized spacial score (nSPS) is 14.7. The summed E-state index contributed by atoms with van der Waals surface area (Å²) in [6.45, 7) is 3.36. The van der Waals surface area contributed by atoms with Gasteiger partial charge in [-0.25, -0.2) is 14.2 Å². The van der Waals surface area contributed by atoms with Gasteiger partial charge in [-0.15, -0.1) is 0 Å². The molecule has 1 aromatic rings. The summed E-state index contributed by atoms with van der Waals surface area (Å²) in [5, 5.41) is 34.7. The number of phosphoric ester groups is 1. The van der Waals surface area contributed by atoms with Gasteiger partial charge in [0, 0.05) is 12.8 Å². The van der Waals surface area contributed by atoms with Crippen molar-refractivity contribution < 1.29 is 63.0 Å². The van der Waals surface area contributed by atoms with Crippen LogP contribution >= 0.6 is 7.82 Å². The van der Waals surface area contributed by atoms with Gasteiger partial charge in [-0.3, -0.25) is 29.0 Å². The minimum atomic E-state index is -4.77. The largest absolute Gasteiger partial charge is 0.524 e. The number of carbonyl (C=O) groups is 6. The highest BCUT2D eigenvalue weighted by atomic mass is 31.2. The summed E-state index contributed by atoms with van der Waals surface area (Å²) in [4.78, 5) is 89.9. The molecule has 0 aromatic heterocycles. The Morgan fingerprint density at radius 3 is 1.91 bits per heavy atom. The number of benzene rings is 1. The number of carboxylic acids is 3. The molecule has 0 fully saturated rings. The maximum atomic E-state index is 12.9. The molecule has 10 N–H and O–H groups in total. The number of nitrogens with two attached hydrogens (primary N) is 1. The highest BCUT2D eigenvalue weighted by molar-refractivity contribution is 7.46. The molecule has 17 nitrogen and oxygen atoms in total. The molecule has 0 unspecified atom stereocenters. The molecule has 0 spiro atoms. The van der Waals surface area contributed by atoms with E-state index in [4.69, 9.17) is 20.6 Å². The lowest BCUT2D eigenvalue weighted by molar-refractivity contribution is -0.144. The van der Waals surface area contributed by atoms with E-state index in [1.807, 2.05) is 0 Å². The predicted octanol–water partition coefficient (Wildman–Crippen LogP) is -0.657. The fourth-order valence-corrected chi connectivity index (χ4v) is 4.12. The van der Waals surface area contributed by atoms with Crippen LogP contribution < -0.4 is 26.2 Å². The van der Waals surface area contributed by atoms with Crippen molar-refractivity contribution in [1.82, 2.24) is 16.0 Å². The molecule has 3 amide bonds. The Balaban J connectivity index is 2.88. The van der Waals surface area contributed by atoms with E-state index in [0.717, 1.165) is 0 Å². The van der Waals surface area contributed by atoms with Gasteiger partial charge in [0.25, 0.3) is 0 Å². The minimum Gasteiger partial charge on any atom is -0.481 e. The van der Waals surface area contributed by atoms with Crippen LogP contribution in [0.2, 0.25) is 0 Å². The molecule has 5 atom stereocenters. The first-order valence-corrected chi connectivity index (χ1v) is 14.6. The average molecular weight is 633 g/mol. The van der Waals surface area contributed by atoms with E-state index in [9.17, 15) is 43.5 Å². The van der Waals surface area contributed by atoms with Gasteiger partial charge in [0.15, 0.2) is 0 Å². The van der Waals surface area contributed by atoms with Gasteiger partial charge in [-0.1, -0.05) is 32.4 Å². The molecule has 1 rings (SSSR count). The Kier molecular flexibility index (Phi) is 14.8. The number of nitrogens with one attached hydrogen (secondary N) is 3. The molecule has 0 aliphatic carbocycles. The van der Waals surface area contributed by atoms with Gasteiger partial charge >= 0.3 is 25.7 Å². The van der Waals surface area contributed by atoms with Crippen LogP contribution in [0.4, 0.5) is 0 Å². The predicted molar refractivity (Wildman–Crippen MR) is 147 cm³/mol. The first-order chi connectivity index (χ1) is 19.9. The van der Waals surface area contributed by atoms with E-state index >= 15 is 0 Å². The molecule has 0 heterocycles. The van der Waals surface area contributed by atoms with Crippen LogP contribution in [0, 0.1) is 5.92 Å². The fraction of sp³-hybridized carbons (Fsp3) is 0.520. The first kappa shape index (κ1) is 37.0. The van der Waals surface area contributed by atoms with Crippen LogP contribution in [0.5, 0.6) is 5.75 Å². The number of phosphoric acid groups is 1. The lowest BCUT2D eigenvalue weighted by Crippen LogP contribution is -2.55. The standard InChI is InChI=1S/C25H37N4O13P/c1-3-13(2)21(25(37)38)29-19(30)10-8-18(24(35)36)28-23(34)17(9-11-20(31)32)27-22(33)16(26)12-14-4-6-15(7-5-14)42-43(39,40)41/h4-7,13,16-18,21H,3,8-12,26H2,1-2H3,(H,27,33)(H,28,34)(H,29,30)(H,31,32)(H,35,36)(H,37,38)(H2,39,40,41)/t13-,16+,17+,18+,21+/m1/s1. The number of hydrogen-bond acceptors (Lipinski definition) is 9. The Bertz CT molecular complexity index is 1200. The number of hydrogen-bond donors (Lipinski definition) is 9. The van der Waals surface area contributed by atoms with Crippen molar-refractivity contribution in [2.75, 3.05) is 0 Å². The van der Waals surface area contributed by atoms with E-state index < -0.39 is 99.2 Å². The minimum absolute atomic E-state index is 0.101. The topological polar surface area (TPSA) is 292 Å². The van der Waals surface area contributed by atoms with E-state index in [1.165, 1.54) is 24.3 Å². The molecule has 0 saturated carbocycles. The van der Waals surface area contributed by atoms with Crippen LogP contribution in [0.1, 0.15) is 51.5 Å². The Hall–Kier alpha value is -4.05. The highest BCUT2D eigenvalue weighted by Gasteiger charge is 2.30. The lowest BCUT2D eigenvalue weighted by Gasteiger charge is -2.23. The monoisotopic (exact) mass is 632 g/mol. The molecular weight excluding hydrogens is 595 g/mol. The maximum Gasteiger partial charge on any atom is 0.524 e. The summed E-state index contributed by atoms with van der Waals surface area (Å²) in [6, 6.07) is -0.338. The zero-order chi connectivity index (χ0) is 32.9. The van der Waals surface area contributed by atoms with Crippen LogP contribution in [0.15, 0.2) is 24.3 Å². The van der Waals surface area contributed by atoms with E-state index in [1.54, 1.807) is 13.8 Å². The Morgan fingerprint density at radius 2 is 1.42 bits per heavy atom. The third-order valence-electron chi connectivity index (χ3n) is 6.29. The van der Waals surface area contributed by atoms with Crippen molar-refractivity contribution in [3.8, 4) is 5.75 Å². The summed E-state index contributed by atoms with van der Waals surface area (Å²) < 4.78 is 15.4. The quantitative estimate of drug-likeness (QED) is 0.0856. The van der Waals surface area contributed by atoms with Crippen molar-refractivity contribution in [2.24, 2.45) is 11.7 Å². The summed E-state index contributed by atoms with van der Waals surface area (Å²) in [5.41, 5.74) is 6.37. The lowest BCUT2D eigenvalue weighted by atomic mass is 9.99. The maximum absolute atomic E-state index is 12.9. The van der Waals surface area contributed by atoms with Crippen molar-refractivity contribution in [1.29, 1.82) is 0 Å². The highest BCUT2D eigenvalue weighted by Crippen LogP contribution is 2.37. The van der Waals surface area contributed by atoms with Gasteiger partial charge in [-0.2, -0.15) is 0 Å². The van der Waals surface area contributed by atoms with Crippen LogP contribution in [0.25, 0.3) is 0 Å². The van der Waals surface area contributed by atoms with Crippen molar-refractivity contribution >= 4 is 43.5 Å². The number of carbonyl (C=O) groups excluding carboxylic acids is 3. The third-order valence-corrected chi connectivity index (χ3v) is 6.74. The van der Waals surface area contributed by atoms with Crippen molar-refractivity contribution in [3.05, 3.63) is 29.8 Å². The molecule has 0 aliphatic rings. The molecule has 18 heteroatoms. The van der Waals surface area contributed by atoms with Gasteiger partial charge in [0.1, 0.15) is 23.9 Å². The number of amides is 3. The van der Waals surface area contributed by atoms with Crippen LogP contribution in [0.3, 0.4) is 0 Å². The second-order valence-electron chi connectivity index (χ2n) is 9.74. The van der Waals surface area contributed by atoms with Gasteiger partial charge < -0.3 is 41.5 Å². The summed E-state index contributed by atoms with van der Waals surface area (Å²) >= 11 is 0. The van der Waals surface area contributed by atoms with Gasteiger partial charge in [-0.05, 0) is 42.9 Å². The molecule has 43 heavy (non-hydrogen) atoms. The molecule has 1 aromatic carbocycles. The molecule has 240 valence electrons. The first-order valence-electron chi connectivity index (χ1n) is 13.1.